The molecule has 1 aromatic rings. The van der Waals surface area contributed by atoms with Gasteiger partial charge in [-0.15, -0.1) is 0 Å². The average molecular weight is 261 g/mol. The fourth-order valence-electron chi connectivity index (χ4n) is 2.16. The first kappa shape index (κ1) is 13.3. The molecule has 5 heteroatoms. The first-order valence-electron chi connectivity index (χ1n) is 6.03. The molecule has 1 atom stereocenters. The maximum absolute atomic E-state index is 13.2. The fourth-order valence-corrected chi connectivity index (χ4v) is 2.16. The fraction of sp³-hybridized carbons (Fsp3) is 0.538. The third-order valence-electron chi connectivity index (χ3n) is 3.17. The van der Waals surface area contributed by atoms with Gasteiger partial charge in [0.1, 0.15) is 5.82 Å². The summed E-state index contributed by atoms with van der Waals surface area (Å²) in [4.78, 5) is 0. The summed E-state index contributed by atoms with van der Waals surface area (Å²) in [7, 11) is 0. The van der Waals surface area contributed by atoms with Crippen molar-refractivity contribution in [2.75, 3.05) is 6.54 Å². The Bertz CT molecular complexity index is 423. The van der Waals surface area contributed by atoms with Gasteiger partial charge in [0.15, 0.2) is 0 Å². The van der Waals surface area contributed by atoms with Crippen molar-refractivity contribution in [1.82, 2.24) is 5.32 Å². The van der Waals surface area contributed by atoms with Crippen LogP contribution >= 0.6 is 0 Å². The summed E-state index contributed by atoms with van der Waals surface area (Å²) in [5, 5.41) is 3.17. The minimum absolute atomic E-state index is 0.100. The molecule has 100 valence electrons. The number of benzene rings is 1. The van der Waals surface area contributed by atoms with Gasteiger partial charge in [-0.2, -0.15) is 13.2 Å². The quantitative estimate of drug-likeness (QED) is 0.810. The van der Waals surface area contributed by atoms with E-state index in [-0.39, 0.29) is 6.04 Å². The number of nitrogens with one attached hydrogen (secondary N) is 1. The molecule has 0 saturated heterocycles. The van der Waals surface area contributed by atoms with Gasteiger partial charge in [0.05, 0.1) is 5.56 Å². The van der Waals surface area contributed by atoms with Gasteiger partial charge in [0.25, 0.3) is 0 Å². The van der Waals surface area contributed by atoms with Crippen molar-refractivity contribution in [1.29, 1.82) is 0 Å². The normalized spacial score (nSPS) is 17.8. The molecule has 18 heavy (non-hydrogen) atoms. The molecular formula is C13H15F4N. The van der Waals surface area contributed by atoms with Crippen molar-refractivity contribution in [3.05, 3.63) is 35.1 Å². The number of halogens is 4. The zero-order valence-corrected chi connectivity index (χ0v) is 10.0. The topological polar surface area (TPSA) is 12.0 Å². The smallest absolute Gasteiger partial charge is 0.310 e. The van der Waals surface area contributed by atoms with Crippen LogP contribution in [0.5, 0.6) is 0 Å². The summed E-state index contributed by atoms with van der Waals surface area (Å²) < 4.78 is 51.1. The van der Waals surface area contributed by atoms with E-state index < -0.39 is 17.6 Å². The molecule has 0 radical (unpaired) electrons. The lowest BCUT2D eigenvalue weighted by Crippen LogP contribution is -2.23. The highest BCUT2D eigenvalue weighted by Gasteiger charge is 2.37. The molecule has 1 N–H and O–H groups in total. The zero-order valence-electron chi connectivity index (χ0n) is 10.0. The highest BCUT2D eigenvalue weighted by molar-refractivity contribution is 5.30. The summed E-state index contributed by atoms with van der Waals surface area (Å²) in [5.41, 5.74) is -0.656. The lowest BCUT2D eigenvalue weighted by molar-refractivity contribution is -0.140. The molecule has 0 spiro atoms. The molecular weight excluding hydrogens is 246 g/mol. The predicted octanol–water partition coefficient (Wildman–Crippen LogP) is 3.91. The van der Waals surface area contributed by atoms with Crippen molar-refractivity contribution < 1.29 is 17.6 Å². The predicted molar refractivity (Wildman–Crippen MR) is 60.5 cm³/mol. The van der Waals surface area contributed by atoms with E-state index in [4.69, 9.17) is 0 Å². The minimum atomic E-state index is -4.64. The van der Waals surface area contributed by atoms with Gasteiger partial charge in [-0.05, 0) is 43.0 Å². The van der Waals surface area contributed by atoms with Gasteiger partial charge in [-0.3, -0.25) is 0 Å². The largest absolute Gasteiger partial charge is 0.419 e. The monoisotopic (exact) mass is 261 g/mol. The highest BCUT2D eigenvalue weighted by Crippen LogP contribution is 2.42. The Morgan fingerprint density at radius 3 is 2.50 bits per heavy atom. The summed E-state index contributed by atoms with van der Waals surface area (Å²) in [6.45, 7) is 2.59. The van der Waals surface area contributed by atoms with Gasteiger partial charge in [-0.1, -0.05) is 13.0 Å². The van der Waals surface area contributed by atoms with Crippen molar-refractivity contribution in [3.8, 4) is 0 Å². The Hall–Kier alpha value is -1.10. The first-order chi connectivity index (χ1) is 8.43. The van der Waals surface area contributed by atoms with Gasteiger partial charge in [0, 0.05) is 6.04 Å². The second-order valence-electron chi connectivity index (χ2n) is 4.61. The average Bonchev–Trinajstić information content (AvgIpc) is 3.09. The van der Waals surface area contributed by atoms with Crippen LogP contribution in [0.25, 0.3) is 0 Å². The Morgan fingerprint density at radius 2 is 2.00 bits per heavy atom. The van der Waals surface area contributed by atoms with E-state index in [2.05, 4.69) is 5.32 Å². The zero-order chi connectivity index (χ0) is 13.3. The molecule has 0 aliphatic heterocycles. The van der Waals surface area contributed by atoms with Gasteiger partial charge < -0.3 is 5.32 Å². The third kappa shape index (κ3) is 2.83. The van der Waals surface area contributed by atoms with Crippen LogP contribution in [0.2, 0.25) is 0 Å². The number of hydrogen-bond acceptors (Lipinski definition) is 1. The lowest BCUT2D eigenvalue weighted by atomic mass is 9.99. The van der Waals surface area contributed by atoms with Gasteiger partial charge in [0.2, 0.25) is 0 Å². The molecule has 0 amide bonds. The summed E-state index contributed by atoms with van der Waals surface area (Å²) in [6, 6.07) is 3.18. The Kier molecular flexibility index (Phi) is 3.61. The molecule has 1 aromatic carbocycles. The van der Waals surface area contributed by atoms with Crippen LogP contribution in [-0.4, -0.2) is 6.54 Å². The van der Waals surface area contributed by atoms with E-state index in [0.29, 0.717) is 18.0 Å². The second kappa shape index (κ2) is 4.88. The van der Waals surface area contributed by atoms with E-state index in [1.54, 1.807) is 0 Å². The lowest BCUT2D eigenvalue weighted by Gasteiger charge is -2.19. The maximum atomic E-state index is 13.2. The summed E-state index contributed by atoms with van der Waals surface area (Å²) in [5.74, 6) is -0.839. The van der Waals surface area contributed by atoms with Crippen LogP contribution in [0.1, 0.15) is 36.9 Å². The molecule has 1 fully saturated rings. The standard InChI is InChI=1S/C13H15F4N/c1-2-18-12(8-3-4-8)9-5-6-11(14)10(7-9)13(15,16)17/h5-8,12,18H,2-4H2,1H3. The van der Waals surface area contributed by atoms with E-state index in [1.165, 1.54) is 6.07 Å². The highest BCUT2D eigenvalue weighted by atomic mass is 19.4. The van der Waals surface area contributed by atoms with Crippen molar-refractivity contribution >= 4 is 0 Å². The number of alkyl halides is 3. The van der Waals surface area contributed by atoms with Gasteiger partial charge >= 0.3 is 6.18 Å². The van der Waals surface area contributed by atoms with E-state index >= 15 is 0 Å². The minimum Gasteiger partial charge on any atom is -0.310 e. The van der Waals surface area contributed by atoms with E-state index in [1.807, 2.05) is 6.92 Å². The molecule has 1 aliphatic rings. The van der Waals surface area contributed by atoms with E-state index in [9.17, 15) is 17.6 Å². The third-order valence-corrected chi connectivity index (χ3v) is 3.17. The van der Waals surface area contributed by atoms with Crippen LogP contribution < -0.4 is 5.32 Å². The summed E-state index contributed by atoms with van der Waals surface area (Å²) in [6.07, 6.45) is -2.62. The van der Waals surface area contributed by atoms with Gasteiger partial charge in [-0.25, -0.2) is 4.39 Å². The molecule has 1 nitrogen and oxygen atoms in total. The second-order valence-corrected chi connectivity index (χ2v) is 4.61. The SMILES string of the molecule is CCNC(c1ccc(F)c(C(F)(F)F)c1)C1CC1. The molecule has 0 aromatic heterocycles. The molecule has 2 rings (SSSR count). The van der Waals surface area contributed by atoms with Crippen LogP contribution in [0.3, 0.4) is 0 Å². The van der Waals surface area contributed by atoms with Crippen LogP contribution in [0.4, 0.5) is 17.6 Å². The number of rotatable bonds is 4. The summed E-state index contributed by atoms with van der Waals surface area (Å²) >= 11 is 0. The molecule has 0 bridgehead atoms. The Balaban J connectivity index is 2.33. The van der Waals surface area contributed by atoms with Crippen molar-refractivity contribution in [2.45, 2.75) is 32.0 Å². The molecule has 1 saturated carbocycles. The Labute approximate surface area is 103 Å². The molecule has 1 unspecified atom stereocenters. The van der Waals surface area contributed by atoms with Crippen LogP contribution in [-0.2, 0) is 6.18 Å². The van der Waals surface area contributed by atoms with Crippen molar-refractivity contribution in [2.24, 2.45) is 5.92 Å². The number of hydrogen-bond donors (Lipinski definition) is 1. The maximum Gasteiger partial charge on any atom is 0.419 e. The Morgan fingerprint density at radius 1 is 1.33 bits per heavy atom. The molecule has 0 heterocycles. The van der Waals surface area contributed by atoms with E-state index in [0.717, 1.165) is 25.0 Å². The van der Waals surface area contributed by atoms with Crippen LogP contribution in [0, 0.1) is 11.7 Å². The molecule has 1 aliphatic carbocycles. The first-order valence-corrected chi connectivity index (χ1v) is 6.03. The van der Waals surface area contributed by atoms with Crippen LogP contribution in [0.15, 0.2) is 18.2 Å². The van der Waals surface area contributed by atoms with Crippen molar-refractivity contribution in [3.63, 3.8) is 0 Å².